The van der Waals surface area contributed by atoms with Gasteiger partial charge in [0.05, 0.1) is 19.6 Å². The highest BCUT2D eigenvalue weighted by molar-refractivity contribution is 7.99. The van der Waals surface area contributed by atoms with Crippen LogP contribution in [0.3, 0.4) is 0 Å². The summed E-state index contributed by atoms with van der Waals surface area (Å²) < 4.78 is 5.35. The first-order valence-electron chi connectivity index (χ1n) is 5.85. The van der Waals surface area contributed by atoms with Crippen molar-refractivity contribution in [1.82, 2.24) is 4.90 Å². The number of carbonyl (C=O) groups is 1. The fourth-order valence-electron chi connectivity index (χ4n) is 2.68. The summed E-state index contributed by atoms with van der Waals surface area (Å²) in [6.07, 6.45) is 2.29. The molecule has 4 nitrogen and oxygen atoms in total. The number of nitrogens with zero attached hydrogens (tertiary/aromatic N) is 1. The van der Waals surface area contributed by atoms with Crippen molar-refractivity contribution >= 4 is 17.7 Å². The summed E-state index contributed by atoms with van der Waals surface area (Å²) in [5, 5.41) is 9.10. The van der Waals surface area contributed by atoms with Crippen LogP contribution in [0.1, 0.15) is 19.3 Å². The Balaban J connectivity index is 2.07. The average Bonchev–Trinajstić information content (AvgIpc) is 2.30. The van der Waals surface area contributed by atoms with E-state index in [0.29, 0.717) is 0 Å². The second kappa shape index (κ2) is 5.38. The number of hydrogen-bond donors (Lipinski definition) is 1. The van der Waals surface area contributed by atoms with Crippen molar-refractivity contribution < 1.29 is 14.6 Å². The number of ether oxygens (including phenoxy) is 1. The molecule has 0 saturated carbocycles. The molecule has 0 aromatic carbocycles. The molecular weight excluding hydrogens is 226 g/mol. The molecule has 0 aromatic heterocycles. The molecule has 2 saturated heterocycles. The monoisotopic (exact) mass is 245 g/mol. The van der Waals surface area contributed by atoms with Gasteiger partial charge in [-0.05, 0) is 24.3 Å². The molecule has 2 aliphatic rings. The third kappa shape index (κ3) is 2.70. The van der Waals surface area contributed by atoms with Crippen LogP contribution in [0, 0.1) is 0 Å². The van der Waals surface area contributed by atoms with E-state index in [-0.39, 0.29) is 12.0 Å². The Labute approximate surface area is 100 Å². The summed E-state index contributed by atoms with van der Waals surface area (Å²) in [6, 6.07) is 0. The molecule has 0 amide bonds. The van der Waals surface area contributed by atoms with Crippen molar-refractivity contribution in [2.75, 3.05) is 37.8 Å². The minimum atomic E-state index is -0.668. The SMILES string of the molecule is O=C(O)CC1(N2CCOCC2)CCSCC1. The van der Waals surface area contributed by atoms with Crippen molar-refractivity contribution in [2.24, 2.45) is 0 Å². The molecule has 0 radical (unpaired) electrons. The van der Waals surface area contributed by atoms with E-state index in [1.54, 1.807) is 0 Å². The Bertz CT molecular complexity index is 248. The first-order valence-corrected chi connectivity index (χ1v) is 7.01. The minimum Gasteiger partial charge on any atom is -0.481 e. The maximum atomic E-state index is 11.1. The molecule has 16 heavy (non-hydrogen) atoms. The molecule has 5 heteroatoms. The van der Waals surface area contributed by atoms with Gasteiger partial charge in [-0.25, -0.2) is 0 Å². The first-order chi connectivity index (χ1) is 7.73. The third-order valence-corrected chi connectivity index (χ3v) is 4.57. The molecule has 0 spiro atoms. The summed E-state index contributed by atoms with van der Waals surface area (Å²) in [5.74, 6) is 1.51. The highest BCUT2D eigenvalue weighted by Crippen LogP contribution is 2.35. The van der Waals surface area contributed by atoms with Crippen LogP contribution in [-0.2, 0) is 9.53 Å². The van der Waals surface area contributed by atoms with Gasteiger partial charge in [0.25, 0.3) is 0 Å². The molecule has 2 aliphatic heterocycles. The number of thioether (sulfide) groups is 1. The van der Waals surface area contributed by atoms with Crippen LogP contribution in [0.15, 0.2) is 0 Å². The molecule has 2 heterocycles. The minimum absolute atomic E-state index is 0.0964. The highest BCUT2D eigenvalue weighted by Gasteiger charge is 2.40. The zero-order chi connectivity index (χ0) is 11.4. The van der Waals surface area contributed by atoms with Crippen molar-refractivity contribution in [2.45, 2.75) is 24.8 Å². The second-order valence-corrected chi connectivity index (χ2v) is 5.73. The fourth-order valence-corrected chi connectivity index (χ4v) is 3.93. The normalized spacial score (nSPS) is 26.5. The van der Waals surface area contributed by atoms with Crippen LogP contribution in [0.2, 0.25) is 0 Å². The van der Waals surface area contributed by atoms with Crippen LogP contribution in [0.4, 0.5) is 0 Å². The van der Waals surface area contributed by atoms with Crippen LogP contribution in [0.25, 0.3) is 0 Å². The van der Waals surface area contributed by atoms with Gasteiger partial charge in [0.1, 0.15) is 0 Å². The summed E-state index contributed by atoms with van der Waals surface area (Å²) >= 11 is 1.94. The number of rotatable bonds is 3. The van der Waals surface area contributed by atoms with E-state index in [0.717, 1.165) is 50.7 Å². The molecule has 2 rings (SSSR count). The number of aliphatic carboxylic acids is 1. The Morgan fingerprint density at radius 2 is 1.94 bits per heavy atom. The quantitative estimate of drug-likeness (QED) is 0.805. The summed E-state index contributed by atoms with van der Waals surface area (Å²) in [4.78, 5) is 13.4. The van der Waals surface area contributed by atoms with E-state index in [1.165, 1.54) is 0 Å². The van der Waals surface area contributed by atoms with E-state index >= 15 is 0 Å². The van der Waals surface area contributed by atoms with Crippen LogP contribution in [-0.4, -0.2) is 59.3 Å². The molecule has 0 bridgehead atoms. The Hall–Kier alpha value is -0.260. The molecule has 0 unspecified atom stereocenters. The number of carboxylic acid groups (broad SMARTS) is 1. The predicted octanol–water partition coefficient (Wildman–Crippen LogP) is 1.06. The lowest BCUT2D eigenvalue weighted by Crippen LogP contribution is -2.56. The first kappa shape index (κ1) is 12.2. The van der Waals surface area contributed by atoms with Gasteiger partial charge in [-0.15, -0.1) is 0 Å². The van der Waals surface area contributed by atoms with Gasteiger partial charge < -0.3 is 9.84 Å². The summed E-state index contributed by atoms with van der Waals surface area (Å²) in [7, 11) is 0. The van der Waals surface area contributed by atoms with Crippen molar-refractivity contribution in [1.29, 1.82) is 0 Å². The van der Waals surface area contributed by atoms with Crippen LogP contribution < -0.4 is 0 Å². The summed E-state index contributed by atoms with van der Waals surface area (Å²) in [6.45, 7) is 3.26. The van der Waals surface area contributed by atoms with E-state index < -0.39 is 5.97 Å². The van der Waals surface area contributed by atoms with Crippen LogP contribution >= 0.6 is 11.8 Å². The van der Waals surface area contributed by atoms with E-state index in [2.05, 4.69) is 4.90 Å². The topological polar surface area (TPSA) is 49.8 Å². The lowest BCUT2D eigenvalue weighted by Gasteiger charge is -2.47. The molecular formula is C11H19NO3S. The Morgan fingerprint density at radius 3 is 2.50 bits per heavy atom. The highest BCUT2D eigenvalue weighted by atomic mass is 32.2. The molecule has 0 atom stereocenters. The number of morpholine rings is 1. The molecule has 0 aromatic rings. The van der Waals surface area contributed by atoms with Gasteiger partial charge in [-0.1, -0.05) is 0 Å². The smallest absolute Gasteiger partial charge is 0.305 e. The van der Waals surface area contributed by atoms with Gasteiger partial charge in [0.2, 0.25) is 0 Å². The maximum Gasteiger partial charge on any atom is 0.305 e. The zero-order valence-corrected chi connectivity index (χ0v) is 10.3. The standard InChI is InChI=1S/C11H19NO3S/c13-10(14)9-11(1-7-16-8-2-11)12-3-5-15-6-4-12/h1-9H2,(H,13,14). The molecule has 92 valence electrons. The van der Waals surface area contributed by atoms with Gasteiger partial charge in [0, 0.05) is 18.6 Å². The fraction of sp³-hybridized carbons (Fsp3) is 0.909. The Morgan fingerprint density at radius 1 is 1.31 bits per heavy atom. The third-order valence-electron chi connectivity index (χ3n) is 3.59. The lowest BCUT2D eigenvalue weighted by molar-refractivity contribution is -0.142. The van der Waals surface area contributed by atoms with Gasteiger partial charge in [-0.3, -0.25) is 9.69 Å². The Kier molecular flexibility index (Phi) is 4.10. The predicted molar refractivity (Wildman–Crippen MR) is 63.9 cm³/mol. The molecule has 1 N–H and O–H groups in total. The van der Waals surface area contributed by atoms with E-state index in [4.69, 9.17) is 9.84 Å². The van der Waals surface area contributed by atoms with E-state index in [1.807, 2.05) is 11.8 Å². The maximum absolute atomic E-state index is 11.1. The lowest BCUT2D eigenvalue weighted by atomic mass is 9.86. The molecule has 0 aliphatic carbocycles. The number of hydrogen-bond acceptors (Lipinski definition) is 4. The van der Waals surface area contributed by atoms with E-state index in [9.17, 15) is 4.79 Å². The largest absolute Gasteiger partial charge is 0.481 e. The van der Waals surface area contributed by atoms with Gasteiger partial charge >= 0.3 is 5.97 Å². The average molecular weight is 245 g/mol. The van der Waals surface area contributed by atoms with Crippen molar-refractivity contribution in [3.63, 3.8) is 0 Å². The van der Waals surface area contributed by atoms with Gasteiger partial charge in [0.15, 0.2) is 0 Å². The number of carboxylic acids is 1. The summed E-state index contributed by atoms with van der Waals surface area (Å²) in [5.41, 5.74) is -0.0964. The van der Waals surface area contributed by atoms with Crippen molar-refractivity contribution in [3.8, 4) is 0 Å². The molecule has 2 fully saturated rings. The zero-order valence-electron chi connectivity index (χ0n) is 9.48. The van der Waals surface area contributed by atoms with Crippen molar-refractivity contribution in [3.05, 3.63) is 0 Å². The van der Waals surface area contributed by atoms with Gasteiger partial charge in [-0.2, -0.15) is 11.8 Å². The second-order valence-electron chi connectivity index (χ2n) is 4.51. The van der Waals surface area contributed by atoms with Crippen LogP contribution in [0.5, 0.6) is 0 Å².